The lowest BCUT2D eigenvalue weighted by Gasteiger charge is -2.14. The molecule has 1 amide bonds. The Labute approximate surface area is 161 Å². The van der Waals surface area contributed by atoms with Crippen molar-refractivity contribution < 1.29 is 9.53 Å². The van der Waals surface area contributed by atoms with Gasteiger partial charge in [-0.15, -0.1) is 11.3 Å². The number of ether oxygens (including phenoxy) is 1. The molecule has 0 aliphatic carbocycles. The molecule has 0 saturated carbocycles. The summed E-state index contributed by atoms with van der Waals surface area (Å²) in [6, 6.07) is 7.96. The third-order valence-corrected chi connectivity index (χ3v) is 5.61. The Balaban J connectivity index is 1.41. The van der Waals surface area contributed by atoms with Crippen LogP contribution >= 0.6 is 11.3 Å². The highest BCUT2D eigenvalue weighted by Gasteiger charge is 2.27. The minimum atomic E-state index is -0.0207. The van der Waals surface area contributed by atoms with E-state index in [-0.39, 0.29) is 11.8 Å². The van der Waals surface area contributed by atoms with Crippen LogP contribution in [0.2, 0.25) is 0 Å². The first-order chi connectivity index (χ1) is 13.2. The third kappa shape index (κ3) is 4.11. The van der Waals surface area contributed by atoms with Gasteiger partial charge in [-0.3, -0.25) is 4.79 Å². The van der Waals surface area contributed by atoms with E-state index in [4.69, 9.17) is 10.5 Å². The van der Waals surface area contributed by atoms with E-state index in [2.05, 4.69) is 15.3 Å². The number of fused-ring (bicyclic) bond motifs is 1. The molecule has 7 nitrogen and oxygen atoms in total. The van der Waals surface area contributed by atoms with Crippen molar-refractivity contribution in [1.82, 2.24) is 19.9 Å². The quantitative estimate of drug-likeness (QED) is 0.638. The summed E-state index contributed by atoms with van der Waals surface area (Å²) in [6.45, 7) is 1.96. The van der Waals surface area contributed by atoms with Gasteiger partial charge in [-0.05, 0) is 24.1 Å². The van der Waals surface area contributed by atoms with Crippen LogP contribution in [0.3, 0.4) is 0 Å². The fraction of sp³-hybridized carbons (Fsp3) is 0.316. The van der Waals surface area contributed by atoms with Crippen LogP contribution in [0, 0.1) is 0 Å². The maximum absolute atomic E-state index is 12.1. The Hall–Kier alpha value is -2.87. The van der Waals surface area contributed by atoms with E-state index in [0.717, 1.165) is 34.8 Å². The number of anilines is 1. The van der Waals surface area contributed by atoms with Crippen molar-refractivity contribution in [1.29, 1.82) is 0 Å². The molecule has 0 saturated heterocycles. The second-order valence-corrected chi connectivity index (χ2v) is 7.53. The van der Waals surface area contributed by atoms with Gasteiger partial charge in [0, 0.05) is 36.2 Å². The number of hydrogen-bond acceptors (Lipinski definition) is 6. The summed E-state index contributed by atoms with van der Waals surface area (Å²) in [5.41, 5.74) is 7.82. The summed E-state index contributed by atoms with van der Waals surface area (Å²) in [7, 11) is 0. The van der Waals surface area contributed by atoms with Crippen LogP contribution in [0.25, 0.3) is 0 Å². The number of benzene rings is 1. The molecule has 0 unspecified atom stereocenters. The van der Waals surface area contributed by atoms with Crippen molar-refractivity contribution >= 4 is 22.4 Å². The molecule has 1 atom stereocenters. The first kappa shape index (κ1) is 17.5. The number of hydrogen-bond donors (Lipinski definition) is 2. The molecule has 1 aliphatic rings. The van der Waals surface area contributed by atoms with Crippen molar-refractivity contribution in [2.24, 2.45) is 0 Å². The fourth-order valence-electron chi connectivity index (χ4n) is 3.24. The van der Waals surface area contributed by atoms with Crippen molar-refractivity contribution in [3.05, 3.63) is 59.1 Å². The number of carbonyl (C=O) groups is 1. The molecule has 27 heavy (non-hydrogen) atoms. The lowest BCUT2D eigenvalue weighted by molar-refractivity contribution is -0.121. The van der Waals surface area contributed by atoms with E-state index in [0.29, 0.717) is 24.7 Å². The van der Waals surface area contributed by atoms with E-state index in [9.17, 15) is 4.79 Å². The molecule has 0 bridgehead atoms. The molecule has 0 radical (unpaired) electrons. The third-order valence-electron chi connectivity index (χ3n) is 4.57. The summed E-state index contributed by atoms with van der Waals surface area (Å²) in [6.07, 6.45) is 6.83. The van der Waals surface area contributed by atoms with E-state index in [1.807, 2.05) is 35.0 Å². The number of nitrogens with one attached hydrogen (secondary N) is 1. The van der Waals surface area contributed by atoms with Gasteiger partial charge in [-0.1, -0.05) is 12.1 Å². The molecular formula is C19H21N5O2S. The first-order valence-electron chi connectivity index (χ1n) is 8.89. The summed E-state index contributed by atoms with van der Waals surface area (Å²) >= 11 is 1.46. The van der Waals surface area contributed by atoms with Crippen molar-refractivity contribution in [2.45, 2.75) is 31.8 Å². The Morgan fingerprint density at radius 3 is 2.96 bits per heavy atom. The maximum Gasteiger partial charge on any atom is 0.221 e. The maximum atomic E-state index is 12.1. The summed E-state index contributed by atoms with van der Waals surface area (Å²) in [5.74, 6) is 0.836. The molecular weight excluding hydrogens is 362 g/mol. The van der Waals surface area contributed by atoms with Crippen molar-refractivity contribution in [3.63, 3.8) is 0 Å². The molecule has 1 aromatic carbocycles. The molecule has 8 heteroatoms. The van der Waals surface area contributed by atoms with Gasteiger partial charge in [0.1, 0.15) is 5.75 Å². The number of nitrogens with zero attached hydrogens (tertiary/aromatic N) is 3. The lowest BCUT2D eigenvalue weighted by atomic mass is 9.93. The van der Waals surface area contributed by atoms with Crippen LogP contribution < -0.4 is 15.8 Å². The zero-order chi connectivity index (χ0) is 18.6. The highest BCUT2D eigenvalue weighted by Crippen LogP contribution is 2.37. The zero-order valence-electron chi connectivity index (χ0n) is 14.8. The number of rotatable bonds is 6. The molecule has 0 fully saturated rings. The number of thiazole rings is 1. The van der Waals surface area contributed by atoms with Gasteiger partial charge in [-0.2, -0.15) is 0 Å². The van der Waals surface area contributed by atoms with Crippen LogP contribution in [0.1, 0.15) is 34.9 Å². The van der Waals surface area contributed by atoms with Gasteiger partial charge in [0.2, 0.25) is 5.91 Å². The average Bonchev–Trinajstić information content (AvgIpc) is 3.29. The fourth-order valence-corrected chi connectivity index (χ4v) is 4.21. The first-order valence-corrected chi connectivity index (χ1v) is 9.71. The molecule has 3 aromatic rings. The molecule has 4 rings (SSSR count). The van der Waals surface area contributed by atoms with Gasteiger partial charge in [-0.25, -0.2) is 9.97 Å². The van der Waals surface area contributed by atoms with Gasteiger partial charge in [0.05, 0.1) is 25.2 Å². The number of carbonyl (C=O) groups excluding carboxylic acids is 1. The van der Waals surface area contributed by atoms with Crippen LogP contribution in [-0.4, -0.2) is 27.0 Å². The standard InChI is InChI=1S/C19H21N5O2S/c20-19-23-16-11-22-17(25)10-15(18(16)27-19)13-2-4-14(5-3-13)26-9-1-7-24-8-6-21-12-24/h2-6,8,12,15H,1,7,9-11H2,(H2,20,23)(H,22,25)/t15-/m0/s1. The number of amides is 1. The summed E-state index contributed by atoms with van der Waals surface area (Å²) < 4.78 is 7.85. The Kier molecular flexibility index (Phi) is 5.06. The molecule has 2 aromatic heterocycles. The Morgan fingerprint density at radius 2 is 2.19 bits per heavy atom. The number of imidazole rings is 1. The topological polar surface area (TPSA) is 95.1 Å². The molecule has 3 N–H and O–H groups in total. The second-order valence-electron chi connectivity index (χ2n) is 6.47. The second kappa shape index (κ2) is 7.79. The number of aromatic nitrogens is 3. The zero-order valence-corrected chi connectivity index (χ0v) is 15.6. The Bertz CT molecular complexity index is 905. The van der Waals surface area contributed by atoms with E-state index < -0.39 is 0 Å². The van der Waals surface area contributed by atoms with Gasteiger partial charge >= 0.3 is 0 Å². The SMILES string of the molecule is Nc1nc2c(s1)[C@H](c1ccc(OCCCn3ccnc3)cc1)CC(=O)NC2. The van der Waals surface area contributed by atoms with E-state index >= 15 is 0 Å². The highest BCUT2D eigenvalue weighted by molar-refractivity contribution is 7.15. The number of aryl methyl sites for hydroxylation is 1. The van der Waals surface area contributed by atoms with Crippen LogP contribution in [0.4, 0.5) is 5.13 Å². The normalized spacial score (nSPS) is 16.4. The molecule has 140 valence electrons. The molecule has 0 spiro atoms. The smallest absolute Gasteiger partial charge is 0.221 e. The van der Waals surface area contributed by atoms with E-state index in [1.54, 1.807) is 12.5 Å². The van der Waals surface area contributed by atoms with Gasteiger partial charge < -0.3 is 20.4 Å². The van der Waals surface area contributed by atoms with Gasteiger partial charge in [0.15, 0.2) is 5.13 Å². The van der Waals surface area contributed by atoms with Crippen LogP contribution in [0.15, 0.2) is 43.0 Å². The summed E-state index contributed by atoms with van der Waals surface area (Å²) in [5, 5.41) is 3.43. The predicted octanol–water partition coefficient (Wildman–Crippen LogP) is 2.54. The van der Waals surface area contributed by atoms with Gasteiger partial charge in [0.25, 0.3) is 0 Å². The highest BCUT2D eigenvalue weighted by atomic mass is 32.1. The van der Waals surface area contributed by atoms with Crippen molar-refractivity contribution in [2.75, 3.05) is 12.3 Å². The molecule has 1 aliphatic heterocycles. The number of nitrogens with two attached hydrogens (primary N) is 1. The lowest BCUT2D eigenvalue weighted by Crippen LogP contribution is -2.21. The van der Waals surface area contributed by atoms with E-state index in [1.165, 1.54) is 11.3 Å². The molecule has 3 heterocycles. The average molecular weight is 383 g/mol. The minimum Gasteiger partial charge on any atom is -0.494 e. The Morgan fingerprint density at radius 1 is 1.33 bits per heavy atom. The van der Waals surface area contributed by atoms with Crippen LogP contribution in [0.5, 0.6) is 5.75 Å². The number of nitrogen functional groups attached to an aromatic ring is 1. The predicted molar refractivity (Wildman–Crippen MR) is 104 cm³/mol. The summed E-state index contributed by atoms with van der Waals surface area (Å²) in [4.78, 5) is 21.5. The van der Waals surface area contributed by atoms with Crippen molar-refractivity contribution in [3.8, 4) is 5.75 Å². The minimum absolute atomic E-state index is 0.0207. The largest absolute Gasteiger partial charge is 0.494 e. The van der Waals surface area contributed by atoms with Crippen LogP contribution in [-0.2, 0) is 17.9 Å². The monoisotopic (exact) mass is 383 g/mol.